The molecule has 62 heavy (non-hydrogen) atoms. The predicted octanol–water partition coefficient (Wildman–Crippen LogP) is 6.05. The molecule has 0 bridgehead atoms. The van der Waals surface area contributed by atoms with Gasteiger partial charge in [-0.15, -0.1) is 0 Å². The van der Waals surface area contributed by atoms with Crippen LogP contribution in [-0.4, -0.2) is 156 Å². The van der Waals surface area contributed by atoms with Gasteiger partial charge in [-0.25, -0.2) is 30.0 Å². The maximum atomic E-state index is 15.1. The highest BCUT2D eigenvalue weighted by Crippen LogP contribution is 2.43. The summed E-state index contributed by atoms with van der Waals surface area (Å²) < 4.78 is 29.7. The van der Waals surface area contributed by atoms with E-state index in [4.69, 9.17) is 18.9 Å². The van der Waals surface area contributed by atoms with Crippen molar-refractivity contribution in [2.24, 2.45) is 21.8 Å². The molecule has 4 amide bonds. The van der Waals surface area contributed by atoms with Crippen molar-refractivity contribution in [1.29, 1.82) is 0 Å². The van der Waals surface area contributed by atoms with Crippen molar-refractivity contribution < 1.29 is 38.1 Å². The van der Waals surface area contributed by atoms with Gasteiger partial charge in [0.25, 0.3) is 23.6 Å². The van der Waals surface area contributed by atoms with E-state index in [2.05, 4.69) is 113 Å². The largest absolute Gasteiger partial charge is 0.361 e. The molecule has 4 atom stereocenters. The Morgan fingerprint density at radius 2 is 1.06 bits per heavy atom. The molecule has 4 fully saturated rings. The number of ether oxygens (including phenoxy) is 4. The molecule has 24 heteroatoms. The van der Waals surface area contributed by atoms with Gasteiger partial charge in [0.05, 0.1) is 8.95 Å². The summed E-state index contributed by atoms with van der Waals surface area (Å²) in [6.45, 7) is 15.6. The molecule has 4 saturated heterocycles. The number of nitrogens with zero attached hydrogens (tertiary/aromatic N) is 10. The first-order valence-electron chi connectivity index (χ1n) is 20.7. The third-order valence-corrected chi connectivity index (χ3v) is 19.4. The van der Waals surface area contributed by atoms with Crippen LogP contribution in [0.4, 0.5) is 0 Å². The highest BCUT2D eigenvalue weighted by Gasteiger charge is 2.58. The molecular weight excluding hydrogens is 1100 g/mol. The Hall–Kier alpha value is -2.43. The van der Waals surface area contributed by atoms with E-state index < -0.39 is 28.2 Å². The molecule has 18 nitrogen and oxygen atoms in total. The van der Waals surface area contributed by atoms with Gasteiger partial charge in [-0.2, -0.15) is 0 Å². The number of rotatable bonds is 13. The summed E-state index contributed by atoms with van der Waals surface area (Å²) in [5.41, 5.74) is 0.706. The van der Waals surface area contributed by atoms with Crippen LogP contribution < -0.4 is 0 Å². The second kappa shape index (κ2) is 18.1. The molecule has 8 rings (SSSR count). The van der Waals surface area contributed by atoms with Crippen molar-refractivity contribution in [1.82, 2.24) is 39.0 Å². The third kappa shape index (κ3) is 8.94. The zero-order chi connectivity index (χ0) is 44.4. The third-order valence-electron chi connectivity index (χ3n) is 12.0. The van der Waals surface area contributed by atoms with Crippen molar-refractivity contribution in [3.05, 3.63) is 41.7 Å². The standard InChI is InChI=1S/C38H52Br4N10O8Si2/c1-61(2,3)9-7-57-19-45-27(13-25(39)31(45)41)35(55)49-15-23(11-29-33(53)47-21-59-17-43-37(47)51(29)49)24-12-30-34(54)48-22-60-18-44-38(48)52(30)50(16-24)36(56)28-14-26(40)32(42)46(28)20-58-8-10-62(4,5)6/h13-14,23-24,29-30H,7-12,15-22H2,1-6H3/t23-,24-,29+,30+/m0/s1. The number of hydrogen-bond acceptors (Lipinski definition) is 12. The molecule has 0 N–H and O–H groups in total. The van der Waals surface area contributed by atoms with Crippen molar-refractivity contribution in [2.45, 2.75) is 89.8 Å². The van der Waals surface area contributed by atoms with Crippen LogP contribution in [0, 0.1) is 11.8 Å². The number of carbonyl (C=O) groups excluding carboxylic acids is 4. The van der Waals surface area contributed by atoms with E-state index in [1.54, 1.807) is 41.3 Å². The van der Waals surface area contributed by atoms with Gasteiger partial charge in [0, 0.05) is 42.5 Å². The van der Waals surface area contributed by atoms with Crippen LogP contribution in [0.15, 0.2) is 40.3 Å². The molecule has 0 aromatic carbocycles. The van der Waals surface area contributed by atoms with Gasteiger partial charge in [0.2, 0.25) is 11.9 Å². The van der Waals surface area contributed by atoms with Gasteiger partial charge in [0.1, 0.15) is 73.1 Å². The minimum Gasteiger partial charge on any atom is -0.361 e. The Labute approximate surface area is 396 Å². The van der Waals surface area contributed by atoms with Crippen LogP contribution in [0.2, 0.25) is 51.4 Å². The molecule has 6 aliphatic rings. The molecule has 6 aliphatic heterocycles. The molecule has 2 aromatic rings. The zero-order valence-electron chi connectivity index (χ0n) is 35.6. The van der Waals surface area contributed by atoms with Gasteiger partial charge in [-0.3, -0.25) is 29.0 Å². The summed E-state index contributed by atoms with van der Waals surface area (Å²) in [7, 11) is -2.74. The van der Waals surface area contributed by atoms with Crippen LogP contribution in [0.1, 0.15) is 33.8 Å². The summed E-state index contributed by atoms with van der Waals surface area (Å²) in [4.78, 5) is 70.8. The van der Waals surface area contributed by atoms with Crippen LogP contribution in [0.5, 0.6) is 0 Å². The average Bonchev–Trinajstić information content (AvgIpc) is 3.90. The lowest BCUT2D eigenvalue weighted by molar-refractivity contribution is -0.140. The van der Waals surface area contributed by atoms with Crippen LogP contribution in [-0.2, 0) is 42.0 Å². The Bertz CT molecular complexity index is 2040. The molecule has 0 radical (unpaired) electrons. The summed E-state index contributed by atoms with van der Waals surface area (Å²) in [6, 6.07) is 3.89. The van der Waals surface area contributed by atoms with Gasteiger partial charge in [0.15, 0.2) is 0 Å². The lowest BCUT2D eigenvalue weighted by Crippen LogP contribution is -2.63. The predicted molar refractivity (Wildman–Crippen MR) is 248 cm³/mol. The maximum absolute atomic E-state index is 15.1. The number of amides is 4. The number of carbonyl (C=O) groups is 4. The number of hydrazine groups is 2. The first-order chi connectivity index (χ1) is 29.3. The van der Waals surface area contributed by atoms with E-state index in [1.807, 2.05) is 0 Å². The topological polar surface area (TPSA) is 159 Å². The Morgan fingerprint density at radius 3 is 1.44 bits per heavy atom. The van der Waals surface area contributed by atoms with Gasteiger partial charge in [-0.1, -0.05) is 39.3 Å². The number of aromatic nitrogens is 2. The summed E-state index contributed by atoms with van der Waals surface area (Å²) >= 11 is 14.6. The van der Waals surface area contributed by atoms with Crippen LogP contribution in [0.25, 0.3) is 0 Å². The van der Waals surface area contributed by atoms with Crippen LogP contribution >= 0.6 is 63.7 Å². The Morgan fingerprint density at radius 1 is 0.677 bits per heavy atom. The Kier molecular flexibility index (Phi) is 13.5. The van der Waals surface area contributed by atoms with E-state index in [0.717, 1.165) is 12.1 Å². The van der Waals surface area contributed by atoms with E-state index in [-0.39, 0.29) is 88.9 Å². The molecule has 8 heterocycles. The molecular formula is C38H52Br4N10O8Si2. The van der Waals surface area contributed by atoms with Gasteiger partial charge < -0.3 is 28.1 Å². The normalized spacial score (nSPS) is 24.0. The quantitative estimate of drug-likeness (QED) is 0.171. The fourth-order valence-electron chi connectivity index (χ4n) is 8.59. The lowest BCUT2D eigenvalue weighted by Gasteiger charge is -2.49. The molecule has 0 spiro atoms. The van der Waals surface area contributed by atoms with Crippen molar-refractivity contribution in [2.75, 3.05) is 53.2 Å². The van der Waals surface area contributed by atoms with E-state index >= 15 is 9.59 Å². The highest BCUT2D eigenvalue weighted by atomic mass is 79.9. The number of aliphatic imine (C=N–C) groups is 2. The van der Waals surface area contributed by atoms with Crippen LogP contribution in [0.3, 0.4) is 0 Å². The minimum atomic E-state index is -1.37. The summed E-state index contributed by atoms with van der Waals surface area (Å²) in [5, 5.41) is 6.65. The zero-order valence-corrected chi connectivity index (χ0v) is 44.0. The monoisotopic (exact) mass is 1150 g/mol. The first-order valence-corrected chi connectivity index (χ1v) is 31.3. The number of fused-ring (bicyclic) bond motifs is 6. The minimum absolute atomic E-state index is 0.0135. The van der Waals surface area contributed by atoms with E-state index in [1.165, 1.54) is 9.80 Å². The number of hydrogen-bond donors (Lipinski definition) is 0. The molecule has 0 saturated carbocycles. The lowest BCUT2D eigenvalue weighted by atomic mass is 9.79. The van der Waals surface area contributed by atoms with Crippen molar-refractivity contribution in [3.8, 4) is 0 Å². The highest BCUT2D eigenvalue weighted by molar-refractivity contribution is 9.13. The van der Waals surface area contributed by atoms with Gasteiger partial charge in [-0.05, 0) is 113 Å². The summed E-state index contributed by atoms with van der Waals surface area (Å²) in [5.74, 6) is -1.10. The molecule has 338 valence electrons. The molecule has 2 aromatic heterocycles. The molecule has 0 aliphatic carbocycles. The average molecular weight is 1150 g/mol. The molecule has 0 unspecified atom stereocenters. The fourth-order valence-corrected chi connectivity index (χ4v) is 11.8. The number of halogens is 4. The SMILES string of the molecule is C[Si](C)(C)CCOCn1c(C(=O)N2C[C@@H]([C@H]3C[C@@H]4C(=O)N5COCN=C5N4N(C(=O)c4cc(Br)c(Br)n4COCC[Si](C)(C)C)C3)C[C@@H]3C(=O)N4COCN=C4N32)cc(Br)c1Br. The fraction of sp³-hybridized carbons (Fsp3) is 0.632. The summed E-state index contributed by atoms with van der Waals surface area (Å²) in [6.07, 6.45) is 0.707. The van der Waals surface area contributed by atoms with Crippen molar-refractivity contribution >= 4 is 115 Å². The van der Waals surface area contributed by atoms with E-state index in [9.17, 15) is 9.59 Å². The Balaban J connectivity index is 1.13. The van der Waals surface area contributed by atoms with Gasteiger partial charge >= 0.3 is 0 Å². The first kappa shape index (κ1) is 46.1. The number of guanidine groups is 2. The second-order valence-electron chi connectivity index (χ2n) is 18.7. The van der Waals surface area contributed by atoms with E-state index in [0.29, 0.717) is 67.5 Å². The maximum Gasteiger partial charge on any atom is 0.289 e. The van der Waals surface area contributed by atoms with Crippen molar-refractivity contribution in [3.63, 3.8) is 0 Å². The second-order valence-corrected chi connectivity index (χ2v) is 33.2. The smallest absolute Gasteiger partial charge is 0.289 e.